The maximum Gasteiger partial charge on any atom is 0.258 e. The monoisotopic (exact) mass is 468 g/mol. The molecule has 4 nitrogen and oxygen atoms in total. The highest BCUT2D eigenvalue weighted by Crippen LogP contribution is 2.17. The summed E-state index contributed by atoms with van der Waals surface area (Å²) in [7, 11) is 0. The Kier molecular flexibility index (Phi) is 7.64. The van der Waals surface area contributed by atoms with Crippen LogP contribution in [0.15, 0.2) is 48.5 Å². The number of ether oxygens (including phenoxy) is 1. The van der Waals surface area contributed by atoms with Gasteiger partial charge in [0.15, 0.2) is 5.11 Å². The number of hydrogen-bond donors (Lipinski definition) is 2. The smallest absolute Gasteiger partial charge is 0.258 e. The quantitative estimate of drug-likeness (QED) is 0.471. The molecule has 0 atom stereocenters. The minimum atomic E-state index is -0.226. The van der Waals surface area contributed by atoms with E-state index in [0.29, 0.717) is 18.1 Å². The van der Waals surface area contributed by atoms with E-state index in [4.69, 9.17) is 17.0 Å². The molecular weight excluding hydrogens is 447 g/mol. The van der Waals surface area contributed by atoms with Crippen molar-refractivity contribution in [2.45, 2.75) is 20.3 Å². The van der Waals surface area contributed by atoms with Crippen LogP contribution in [0.5, 0.6) is 5.75 Å². The molecule has 0 aromatic heterocycles. The van der Waals surface area contributed by atoms with Crippen molar-refractivity contribution in [3.05, 3.63) is 57.7 Å². The van der Waals surface area contributed by atoms with Crippen LogP contribution < -0.4 is 15.4 Å². The number of nitrogens with one attached hydrogen (secondary N) is 2. The van der Waals surface area contributed by atoms with E-state index in [1.54, 1.807) is 6.07 Å². The number of halogens is 1. The van der Waals surface area contributed by atoms with Gasteiger partial charge in [-0.3, -0.25) is 10.1 Å². The molecule has 0 saturated carbocycles. The Balaban J connectivity index is 1.86. The third-order valence-corrected chi connectivity index (χ3v) is 4.57. The van der Waals surface area contributed by atoms with E-state index < -0.39 is 0 Å². The zero-order valence-electron chi connectivity index (χ0n) is 14.2. The summed E-state index contributed by atoms with van der Waals surface area (Å²) >= 11 is 7.34. The van der Waals surface area contributed by atoms with E-state index in [0.717, 1.165) is 21.4 Å². The highest BCUT2D eigenvalue weighted by Gasteiger charge is 2.10. The van der Waals surface area contributed by atoms with Crippen LogP contribution in [-0.4, -0.2) is 17.6 Å². The maximum absolute atomic E-state index is 12.2. The molecule has 132 valence electrons. The van der Waals surface area contributed by atoms with Crippen LogP contribution in [0.3, 0.4) is 0 Å². The maximum atomic E-state index is 12.2. The lowest BCUT2D eigenvalue weighted by molar-refractivity contribution is 0.0977. The first-order chi connectivity index (χ1) is 12.0. The molecule has 0 spiro atoms. The molecule has 0 unspecified atom stereocenters. The van der Waals surface area contributed by atoms with E-state index in [1.807, 2.05) is 42.5 Å². The lowest BCUT2D eigenvalue weighted by Gasteiger charge is -2.12. The number of benzene rings is 2. The zero-order chi connectivity index (χ0) is 18.2. The summed E-state index contributed by atoms with van der Waals surface area (Å²) in [6.07, 6.45) is 1.02. The van der Waals surface area contributed by atoms with Crippen LogP contribution >= 0.6 is 34.8 Å². The Morgan fingerprint density at radius 2 is 1.84 bits per heavy atom. The van der Waals surface area contributed by atoms with Crippen molar-refractivity contribution in [2.75, 3.05) is 11.9 Å². The lowest BCUT2D eigenvalue weighted by atomic mass is 10.1. The first-order valence-corrected chi connectivity index (χ1v) is 9.54. The topological polar surface area (TPSA) is 50.4 Å². The van der Waals surface area contributed by atoms with Crippen molar-refractivity contribution < 1.29 is 9.53 Å². The predicted octanol–water partition coefficient (Wildman–Crippen LogP) is 4.84. The van der Waals surface area contributed by atoms with E-state index in [1.165, 1.54) is 0 Å². The Morgan fingerprint density at radius 3 is 2.48 bits per heavy atom. The van der Waals surface area contributed by atoms with Gasteiger partial charge in [-0.15, -0.1) is 0 Å². The lowest BCUT2D eigenvalue weighted by Crippen LogP contribution is -2.34. The first kappa shape index (κ1) is 19.7. The molecule has 0 heterocycles. The Bertz CT molecular complexity index is 732. The van der Waals surface area contributed by atoms with Crippen molar-refractivity contribution in [3.8, 4) is 5.75 Å². The SMILES string of the molecule is CC(C)CCOc1ccc(NC(=S)NC(=O)c2ccccc2I)cc1. The summed E-state index contributed by atoms with van der Waals surface area (Å²) in [4.78, 5) is 12.2. The van der Waals surface area contributed by atoms with Crippen molar-refractivity contribution in [2.24, 2.45) is 5.92 Å². The summed E-state index contributed by atoms with van der Waals surface area (Å²) in [5.41, 5.74) is 1.39. The van der Waals surface area contributed by atoms with E-state index in [2.05, 4.69) is 47.1 Å². The molecule has 2 N–H and O–H groups in total. The number of carbonyl (C=O) groups is 1. The summed E-state index contributed by atoms with van der Waals surface area (Å²) in [6.45, 7) is 5.04. The molecule has 0 aliphatic heterocycles. The van der Waals surface area contributed by atoms with Gasteiger partial charge in [0, 0.05) is 9.26 Å². The summed E-state index contributed by atoms with van der Waals surface area (Å²) < 4.78 is 6.56. The second kappa shape index (κ2) is 9.72. The zero-order valence-corrected chi connectivity index (χ0v) is 17.2. The summed E-state index contributed by atoms with van der Waals surface area (Å²) in [5, 5.41) is 5.96. The van der Waals surface area contributed by atoms with Crippen LogP contribution in [0, 0.1) is 9.49 Å². The van der Waals surface area contributed by atoms with E-state index in [-0.39, 0.29) is 11.0 Å². The number of anilines is 1. The largest absolute Gasteiger partial charge is 0.494 e. The molecule has 0 bridgehead atoms. The van der Waals surface area contributed by atoms with Gasteiger partial charge in [0.1, 0.15) is 5.75 Å². The second-order valence-corrected chi connectivity index (χ2v) is 7.51. The minimum Gasteiger partial charge on any atom is -0.494 e. The molecule has 0 radical (unpaired) electrons. The molecule has 2 aromatic carbocycles. The number of carbonyl (C=O) groups excluding carboxylic acids is 1. The summed E-state index contributed by atoms with van der Waals surface area (Å²) in [6, 6.07) is 14.9. The third-order valence-electron chi connectivity index (χ3n) is 3.42. The number of thiocarbonyl (C=S) groups is 1. The normalized spacial score (nSPS) is 10.4. The van der Waals surface area contributed by atoms with Gasteiger partial charge in [0.2, 0.25) is 0 Å². The fourth-order valence-corrected chi connectivity index (χ4v) is 2.87. The van der Waals surface area contributed by atoms with Gasteiger partial charge < -0.3 is 10.1 Å². The highest BCUT2D eigenvalue weighted by atomic mass is 127. The molecule has 1 amide bonds. The van der Waals surface area contributed by atoms with Crippen LogP contribution in [0.2, 0.25) is 0 Å². The molecular formula is C19H21IN2O2S. The fourth-order valence-electron chi connectivity index (χ4n) is 2.03. The van der Waals surface area contributed by atoms with Gasteiger partial charge in [0.05, 0.1) is 12.2 Å². The van der Waals surface area contributed by atoms with Crippen LogP contribution in [-0.2, 0) is 0 Å². The number of amides is 1. The Labute approximate surface area is 167 Å². The number of hydrogen-bond acceptors (Lipinski definition) is 3. The average molecular weight is 468 g/mol. The van der Waals surface area contributed by atoms with Gasteiger partial charge >= 0.3 is 0 Å². The third kappa shape index (κ3) is 6.62. The second-order valence-electron chi connectivity index (χ2n) is 5.94. The summed E-state index contributed by atoms with van der Waals surface area (Å²) in [5.74, 6) is 1.21. The minimum absolute atomic E-state index is 0.226. The molecule has 0 aliphatic rings. The molecule has 2 rings (SSSR count). The average Bonchev–Trinajstić information content (AvgIpc) is 2.56. The highest BCUT2D eigenvalue weighted by molar-refractivity contribution is 14.1. The van der Waals surface area contributed by atoms with E-state index in [9.17, 15) is 4.79 Å². The standard InChI is InChI=1S/C19H21IN2O2S/c1-13(2)11-12-24-15-9-7-14(8-10-15)21-19(25)22-18(23)16-5-3-4-6-17(16)20/h3-10,13H,11-12H2,1-2H3,(H2,21,22,23,25). The van der Waals surface area contributed by atoms with Gasteiger partial charge in [-0.25, -0.2) is 0 Å². The predicted molar refractivity (Wildman–Crippen MR) is 114 cm³/mol. The van der Waals surface area contributed by atoms with Crippen molar-refractivity contribution in [3.63, 3.8) is 0 Å². The molecule has 25 heavy (non-hydrogen) atoms. The molecule has 0 fully saturated rings. The Hall–Kier alpha value is -1.67. The first-order valence-electron chi connectivity index (χ1n) is 8.05. The van der Waals surface area contributed by atoms with Crippen molar-refractivity contribution in [1.82, 2.24) is 5.32 Å². The van der Waals surface area contributed by atoms with Gasteiger partial charge in [-0.1, -0.05) is 26.0 Å². The van der Waals surface area contributed by atoms with Crippen LogP contribution in [0.25, 0.3) is 0 Å². The van der Waals surface area contributed by atoms with Crippen LogP contribution in [0.1, 0.15) is 30.6 Å². The molecule has 6 heteroatoms. The molecule has 0 saturated heterocycles. The van der Waals surface area contributed by atoms with E-state index >= 15 is 0 Å². The number of rotatable bonds is 6. The molecule has 2 aromatic rings. The fraction of sp³-hybridized carbons (Fsp3) is 0.263. The molecule has 0 aliphatic carbocycles. The van der Waals surface area contributed by atoms with Gasteiger partial charge in [-0.05, 0) is 83.5 Å². The van der Waals surface area contributed by atoms with Crippen LogP contribution in [0.4, 0.5) is 5.69 Å². The van der Waals surface area contributed by atoms with Crippen molar-refractivity contribution in [1.29, 1.82) is 0 Å². The Morgan fingerprint density at radius 1 is 1.16 bits per heavy atom. The van der Waals surface area contributed by atoms with Crippen molar-refractivity contribution >= 4 is 51.5 Å². The van der Waals surface area contributed by atoms with Gasteiger partial charge in [0.25, 0.3) is 5.91 Å². The van der Waals surface area contributed by atoms with Gasteiger partial charge in [-0.2, -0.15) is 0 Å².